The highest BCUT2D eigenvalue weighted by Gasteiger charge is 2.55. The first-order valence-corrected chi connectivity index (χ1v) is 27.3. The maximum absolute atomic E-state index is 15.1. The molecule has 5 atom stereocenters. The van der Waals surface area contributed by atoms with Crippen LogP contribution in [0.1, 0.15) is 88.4 Å². The zero-order valence-electron chi connectivity index (χ0n) is 43.7. The molecule has 21 heteroatoms. The largest absolute Gasteiger partial charge is 0.464 e. The zero-order valence-corrected chi connectivity index (χ0v) is 44.5. The molecule has 6 aliphatic rings. The number of rotatable bonds is 10. The molecule has 75 heavy (non-hydrogen) atoms. The second-order valence-corrected chi connectivity index (χ2v) is 23.9. The number of likely N-dealkylation sites (N-methyl/N-ethyl adjacent to an activating group) is 1. The molecule has 6 bridgehead atoms. The van der Waals surface area contributed by atoms with Gasteiger partial charge >= 0.3 is 12.1 Å². The maximum atomic E-state index is 15.1. The Kier molecular flexibility index (Phi) is 14.7. The van der Waals surface area contributed by atoms with E-state index in [0.717, 1.165) is 25.7 Å². The number of amides is 4. The lowest BCUT2D eigenvalue weighted by atomic mass is 9.84. The number of thiazole rings is 1. The highest BCUT2D eigenvalue weighted by molar-refractivity contribution is 7.10. The van der Waals surface area contributed by atoms with Gasteiger partial charge in [0.25, 0.3) is 5.91 Å². The normalized spacial score (nSPS) is 24.7. The van der Waals surface area contributed by atoms with E-state index in [9.17, 15) is 32.3 Å². The van der Waals surface area contributed by atoms with Crippen molar-refractivity contribution in [3.63, 3.8) is 0 Å². The van der Waals surface area contributed by atoms with E-state index in [1.807, 2.05) is 50.1 Å². The number of likely N-dealkylation sites (tertiary alicyclic amines) is 1. The molecule has 1 aliphatic carbocycles. The van der Waals surface area contributed by atoms with E-state index in [-0.39, 0.29) is 68.1 Å². The van der Waals surface area contributed by atoms with Crippen LogP contribution in [0, 0.1) is 11.3 Å². The third-order valence-corrected chi connectivity index (χ3v) is 16.7. The van der Waals surface area contributed by atoms with Crippen LogP contribution in [0.2, 0.25) is 0 Å². The minimum atomic E-state index is -4.56. The van der Waals surface area contributed by atoms with Gasteiger partial charge in [0.1, 0.15) is 30.3 Å². The number of pyridine rings is 1. The quantitative estimate of drug-likeness (QED) is 0.153. The van der Waals surface area contributed by atoms with E-state index in [2.05, 4.69) is 20.6 Å². The molecular formula is C54H69F3N10O7S. The number of hydrogen-bond donors (Lipinski definition) is 2. The van der Waals surface area contributed by atoms with Crippen LogP contribution in [0.15, 0.2) is 41.9 Å². The summed E-state index contributed by atoms with van der Waals surface area (Å²) in [4.78, 5) is 86.9. The van der Waals surface area contributed by atoms with Gasteiger partial charge in [-0.05, 0) is 73.8 Å². The molecule has 4 saturated heterocycles. The Balaban J connectivity index is 0.962. The molecular weight excluding hydrogens is 990 g/mol. The fraction of sp³-hybridized carbons (Fsp3) is 0.611. The molecule has 1 aromatic carbocycles. The van der Waals surface area contributed by atoms with Crippen LogP contribution in [-0.4, -0.2) is 178 Å². The van der Waals surface area contributed by atoms with Crippen molar-refractivity contribution in [2.24, 2.45) is 11.3 Å². The summed E-state index contributed by atoms with van der Waals surface area (Å²) in [6, 6.07) is 6.05. The lowest BCUT2D eigenvalue weighted by molar-refractivity contribution is -0.198. The molecule has 404 valence electrons. The standard InChI is InChI=1S/C54H69F3N10O7S/c1-32(2)45-35(13-9-17-58-45)47-37-23-52(3,4)31-73-51(72)38-14-10-18-67(61-38)49(70)39(22-43-59-40(26-75-43)34-15-16-41(36(37)21-34)66(47)30-54(55,56)57)60-48(69)46(33-11-7-8-12-33)63-19-20-74-53(27-63)28-65(29-53)50(71)42-24-64(42)25-44(68)62(5)6/h9,13,15-17,21,26,32-33,38-39,42,46,61H,7-8,10-12,14,18-20,22-25,27-31H2,1-6H3,(H,60,69)/t38-,39-,42+,46-,64?/m0/s1. The molecule has 4 amide bonds. The van der Waals surface area contributed by atoms with Crippen LogP contribution in [0.3, 0.4) is 0 Å². The van der Waals surface area contributed by atoms with Crippen molar-refractivity contribution in [2.45, 2.75) is 127 Å². The Labute approximate surface area is 439 Å². The maximum Gasteiger partial charge on any atom is 0.406 e. The molecule has 17 nitrogen and oxygen atoms in total. The lowest BCUT2D eigenvalue weighted by Gasteiger charge is -2.55. The van der Waals surface area contributed by atoms with Crippen LogP contribution in [0.5, 0.6) is 0 Å². The summed E-state index contributed by atoms with van der Waals surface area (Å²) < 4.78 is 57.9. The van der Waals surface area contributed by atoms with E-state index in [1.165, 1.54) is 25.8 Å². The Bertz CT molecular complexity index is 2840. The summed E-state index contributed by atoms with van der Waals surface area (Å²) in [6.45, 7) is 9.53. The van der Waals surface area contributed by atoms with E-state index in [4.69, 9.17) is 14.5 Å². The number of ether oxygens (including phenoxy) is 2. The van der Waals surface area contributed by atoms with Gasteiger partial charge in [-0.3, -0.25) is 43.8 Å². The fourth-order valence-corrected chi connectivity index (χ4v) is 12.9. The summed E-state index contributed by atoms with van der Waals surface area (Å²) in [7, 11) is 3.39. The summed E-state index contributed by atoms with van der Waals surface area (Å²) in [5, 5.41) is 7.67. The number of hydrogen-bond acceptors (Lipinski definition) is 13. The van der Waals surface area contributed by atoms with E-state index < -0.39 is 53.7 Å². The van der Waals surface area contributed by atoms with Crippen molar-refractivity contribution in [1.29, 1.82) is 0 Å². The first-order valence-electron chi connectivity index (χ1n) is 26.4. The minimum absolute atomic E-state index is 0.0194. The van der Waals surface area contributed by atoms with Crippen molar-refractivity contribution in [1.82, 2.24) is 49.9 Å². The Morgan fingerprint density at radius 3 is 2.53 bits per heavy atom. The van der Waals surface area contributed by atoms with E-state index in [1.54, 1.807) is 43.4 Å². The van der Waals surface area contributed by atoms with Gasteiger partial charge in [0.2, 0.25) is 17.7 Å². The van der Waals surface area contributed by atoms with Gasteiger partial charge in [0, 0.05) is 85.7 Å². The number of hydrazine groups is 1. The summed E-state index contributed by atoms with van der Waals surface area (Å²) in [6.07, 6.45) is 1.90. The fourth-order valence-electron chi connectivity index (χ4n) is 12.0. The predicted molar refractivity (Wildman–Crippen MR) is 275 cm³/mol. The molecule has 0 radical (unpaired) electrons. The first-order chi connectivity index (χ1) is 35.7. The smallest absolute Gasteiger partial charge is 0.406 e. The minimum Gasteiger partial charge on any atom is -0.464 e. The highest BCUT2D eigenvalue weighted by Crippen LogP contribution is 2.44. The van der Waals surface area contributed by atoms with Crippen molar-refractivity contribution in [3.8, 4) is 22.5 Å². The Morgan fingerprint density at radius 2 is 1.80 bits per heavy atom. The average molecular weight is 1060 g/mol. The number of morpholine rings is 1. The first kappa shape index (κ1) is 52.9. The van der Waals surface area contributed by atoms with Gasteiger partial charge < -0.3 is 29.2 Å². The number of esters is 1. The van der Waals surface area contributed by atoms with Crippen molar-refractivity contribution in [3.05, 3.63) is 58.2 Å². The van der Waals surface area contributed by atoms with Crippen LogP contribution >= 0.6 is 11.3 Å². The molecule has 2 N–H and O–H groups in total. The van der Waals surface area contributed by atoms with Gasteiger partial charge in [-0.1, -0.05) is 46.6 Å². The topological polar surface area (TPSA) is 175 Å². The number of carbonyl (C=O) groups excluding carboxylic acids is 5. The summed E-state index contributed by atoms with van der Waals surface area (Å²) in [5.41, 5.74) is 5.70. The van der Waals surface area contributed by atoms with Crippen molar-refractivity contribution >= 4 is 51.8 Å². The number of benzene rings is 1. The summed E-state index contributed by atoms with van der Waals surface area (Å²) >= 11 is 1.33. The Hall–Kier alpha value is -5.48. The SMILES string of the molecule is CC(C)c1ncccc1-c1c2c3cc(ccc3n1CC(F)(F)F)-c1csc(n1)C[C@H](NC(=O)[C@H](C1CCCC1)N1CCOC3(CN(C(=O)[C@H]4CN4CC(=O)N(C)C)C3)C1)C(=O)N1CCC[C@H](N1)C(=O)OCC(C)(C)C2. The molecule has 10 rings (SSSR count). The number of carbonyl (C=O) groups is 5. The molecule has 1 spiro atoms. The number of nitrogens with one attached hydrogen (secondary N) is 2. The number of halogens is 3. The monoisotopic (exact) mass is 1060 g/mol. The lowest BCUT2D eigenvalue weighted by Crippen LogP contribution is -2.73. The van der Waals surface area contributed by atoms with E-state index in [0.29, 0.717) is 102 Å². The van der Waals surface area contributed by atoms with Gasteiger partial charge in [-0.15, -0.1) is 11.3 Å². The number of nitrogens with zero attached hydrogens (tertiary/aromatic N) is 8. The van der Waals surface area contributed by atoms with Gasteiger partial charge in [0.15, 0.2) is 0 Å². The van der Waals surface area contributed by atoms with Crippen molar-refractivity contribution < 1.29 is 46.6 Å². The molecule has 4 aromatic rings. The molecule has 5 aliphatic heterocycles. The molecule has 8 heterocycles. The third-order valence-electron chi connectivity index (χ3n) is 15.9. The number of alkyl halides is 3. The molecule has 1 saturated carbocycles. The zero-order chi connectivity index (χ0) is 53.1. The molecule has 1 unspecified atom stereocenters. The van der Waals surface area contributed by atoms with Crippen LogP contribution < -0.4 is 10.7 Å². The van der Waals surface area contributed by atoms with Crippen molar-refractivity contribution in [2.75, 3.05) is 73.1 Å². The van der Waals surface area contributed by atoms with Crippen LogP contribution in [-0.2, 0) is 52.8 Å². The van der Waals surface area contributed by atoms with Gasteiger partial charge in [-0.2, -0.15) is 13.2 Å². The number of cyclic esters (lactones) is 1. The van der Waals surface area contributed by atoms with Gasteiger partial charge in [0.05, 0.1) is 61.0 Å². The van der Waals surface area contributed by atoms with E-state index >= 15 is 4.79 Å². The van der Waals surface area contributed by atoms with Gasteiger partial charge in [-0.25, -0.2) is 10.4 Å². The third kappa shape index (κ3) is 11.2. The average Bonchev–Trinajstić information content (AvgIpc) is 3.64. The Morgan fingerprint density at radius 1 is 1.03 bits per heavy atom. The molecule has 3 aromatic heterocycles. The number of aromatic nitrogens is 3. The predicted octanol–water partition coefficient (Wildman–Crippen LogP) is 5.41. The molecule has 5 fully saturated rings. The number of fused-ring (bicyclic) bond motifs is 6. The highest BCUT2D eigenvalue weighted by atomic mass is 32.1. The second kappa shape index (κ2) is 20.8. The van der Waals surface area contributed by atoms with Crippen LogP contribution in [0.25, 0.3) is 33.4 Å². The second-order valence-electron chi connectivity index (χ2n) is 22.9. The summed E-state index contributed by atoms with van der Waals surface area (Å²) in [5.74, 6) is -1.43. The van der Waals surface area contributed by atoms with Crippen LogP contribution in [0.4, 0.5) is 13.2 Å².